The Hall–Kier alpha value is -4.20. The van der Waals surface area contributed by atoms with Gasteiger partial charge in [-0.2, -0.15) is 0 Å². The highest BCUT2D eigenvalue weighted by Crippen LogP contribution is 2.08. The molecule has 12 N–H and O–H groups in total. The molecule has 4 unspecified atom stereocenters. The Bertz CT molecular complexity index is 1010. The number of nitrogens with zero attached hydrogens (tertiary/aromatic N) is 1. The van der Waals surface area contributed by atoms with Crippen molar-refractivity contribution in [3.8, 4) is 0 Å². The van der Waals surface area contributed by atoms with Crippen LogP contribution in [0.15, 0.2) is 35.3 Å². The van der Waals surface area contributed by atoms with Gasteiger partial charge in [-0.1, -0.05) is 44.2 Å². The number of hydrogen-bond acceptors (Lipinski definition) is 7. The minimum Gasteiger partial charge on any atom is -0.480 e. The van der Waals surface area contributed by atoms with Crippen molar-refractivity contribution >= 4 is 35.6 Å². The maximum Gasteiger partial charge on any atom is 0.326 e. The first-order valence-corrected chi connectivity index (χ1v) is 12.6. The molecule has 4 amide bonds. The number of nitrogens with two attached hydrogens (primary N) is 4. The van der Waals surface area contributed by atoms with Crippen LogP contribution in [0.2, 0.25) is 0 Å². The zero-order valence-electron chi connectivity index (χ0n) is 22.3. The first-order valence-electron chi connectivity index (χ1n) is 12.6. The van der Waals surface area contributed by atoms with Crippen LogP contribution in [0.3, 0.4) is 0 Å². The molecule has 0 heterocycles. The Kier molecular flexibility index (Phi) is 14.0. The maximum absolute atomic E-state index is 13.1. The number of primary amides is 1. The molecule has 1 aromatic rings. The van der Waals surface area contributed by atoms with Crippen LogP contribution in [-0.2, 0) is 30.4 Å². The lowest BCUT2D eigenvalue weighted by molar-refractivity contribution is -0.142. The third-order valence-electron chi connectivity index (χ3n) is 5.75. The first-order chi connectivity index (χ1) is 18.3. The smallest absolute Gasteiger partial charge is 0.326 e. The van der Waals surface area contributed by atoms with Gasteiger partial charge in [-0.3, -0.25) is 24.2 Å². The van der Waals surface area contributed by atoms with Gasteiger partial charge in [-0.15, -0.1) is 0 Å². The van der Waals surface area contributed by atoms with Gasteiger partial charge >= 0.3 is 5.97 Å². The minimum absolute atomic E-state index is 0.0488. The number of nitrogens with one attached hydrogen (secondary N) is 3. The molecule has 14 heteroatoms. The Labute approximate surface area is 227 Å². The molecule has 0 bridgehead atoms. The van der Waals surface area contributed by atoms with E-state index in [1.165, 1.54) is 0 Å². The molecule has 0 aliphatic carbocycles. The summed E-state index contributed by atoms with van der Waals surface area (Å²) in [6.07, 6.45) is 0.223. The molecule has 0 fully saturated rings. The van der Waals surface area contributed by atoms with Gasteiger partial charge < -0.3 is 44.0 Å². The highest BCUT2D eigenvalue weighted by atomic mass is 16.4. The van der Waals surface area contributed by atoms with E-state index in [9.17, 15) is 29.1 Å². The first kappa shape index (κ1) is 32.8. The van der Waals surface area contributed by atoms with Crippen LogP contribution < -0.4 is 38.9 Å². The molecule has 1 aromatic carbocycles. The number of rotatable bonds is 17. The van der Waals surface area contributed by atoms with E-state index in [2.05, 4.69) is 20.9 Å². The van der Waals surface area contributed by atoms with E-state index >= 15 is 0 Å². The molecule has 0 aromatic heterocycles. The minimum atomic E-state index is -1.26. The van der Waals surface area contributed by atoms with Crippen LogP contribution in [0.1, 0.15) is 45.1 Å². The molecule has 0 saturated carbocycles. The highest BCUT2D eigenvalue weighted by molar-refractivity contribution is 5.94. The van der Waals surface area contributed by atoms with E-state index in [0.29, 0.717) is 0 Å². The van der Waals surface area contributed by atoms with Gasteiger partial charge in [0.05, 0.1) is 6.04 Å². The fraction of sp³-hybridized carbons (Fsp3) is 0.520. The summed E-state index contributed by atoms with van der Waals surface area (Å²) in [7, 11) is 0. The number of guanidine groups is 1. The molecule has 39 heavy (non-hydrogen) atoms. The van der Waals surface area contributed by atoms with Gasteiger partial charge in [0.2, 0.25) is 23.6 Å². The van der Waals surface area contributed by atoms with E-state index < -0.39 is 59.7 Å². The second-order valence-corrected chi connectivity index (χ2v) is 9.44. The summed E-state index contributed by atoms with van der Waals surface area (Å²) in [5, 5.41) is 17.0. The summed E-state index contributed by atoms with van der Waals surface area (Å²) in [5.74, 6) is -4.62. The quantitative estimate of drug-likeness (QED) is 0.0611. The Morgan fingerprint density at radius 1 is 0.872 bits per heavy atom. The molecule has 0 aliphatic heterocycles. The van der Waals surface area contributed by atoms with Crippen molar-refractivity contribution in [3.63, 3.8) is 0 Å². The summed E-state index contributed by atoms with van der Waals surface area (Å²) in [4.78, 5) is 65.6. The Morgan fingerprint density at radius 2 is 1.49 bits per heavy atom. The number of hydrogen-bond donors (Lipinski definition) is 8. The lowest BCUT2D eigenvalue weighted by Crippen LogP contribution is -2.58. The summed E-state index contributed by atoms with van der Waals surface area (Å²) >= 11 is 0. The average molecular weight is 549 g/mol. The van der Waals surface area contributed by atoms with Crippen molar-refractivity contribution in [1.29, 1.82) is 0 Å². The molecule has 4 atom stereocenters. The number of carbonyl (C=O) groups excluding carboxylic acids is 4. The van der Waals surface area contributed by atoms with E-state index in [0.717, 1.165) is 5.56 Å². The molecule has 0 spiro atoms. The van der Waals surface area contributed by atoms with E-state index in [1.54, 1.807) is 26.0 Å². The van der Waals surface area contributed by atoms with Gasteiger partial charge in [0.15, 0.2) is 5.96 Å². The predicted octanol–water partition coefficient (Wildman–Crippen LogP) is -1.93. The molecule has 1 rings (SSSR count). The highest BCUT2D eigenvalue weighted by Gasteiger charge is 2.32. The molecule has 0 saturated heterocycles. The Morgan fingerprint density at radius 3 is 2.03 bits per heavy atom. The number of aliphatic imine (C=N–C) groups is 1. The van der Waals surface area contributed by atoms with E-state index in [1.807, 2.05) is 18.2 Å². The molecular weight excluding hydrogens is 508 g/mol. The van der Waals surface area contributed by atoms with E-state index in [-0.39, 0.29) is 44.6 Å². The van der Waals surface area contributed by atoms with Crippen molar-refractivity contribution in [2.45, 2.75) is 70.1 Å². The average Bonchev–Trinajstić information content (AvgIpc) is 2.86. The van der Waals surface area contributed by atoms with Crippen molar-refractivity contribution in [2.75, 3.05) is 6.54 Å². The standard InChI is InChI=1S/C25H40N8O6/c1-14(2)20(23(37)32-18(24(38)39)9-6-12-30-25(28)29)33-22(36)17(10-11-19(27)34)31-21(35)16(26)13-15-7-4-3-5-8-15/h3-5,7-8,14,16-18,20H,6,9-13,26H2,1-2H3,(H2,27,34)(H,31,35)(H,32,37)(H,33,36)(H,38,39)(H4,28,29,30). The summed E-state index contributed by atoms with van der Waals surface area (Å²) in [5.41, 5.74) is 22.6. The van der Waals surface area contributed by atoms with Crippen molar-refractivity contribution in [2.24, 2.45) is 33.8 Å². The van der Waals surface area contributed by atoms with Gasteiger partial charge in [-0.25, -0.2) is 4.79 Å². The van der Waals surface area contributed by atoms with Crippen molar-refractivity contribution in [1.82, 2.24) is 16.0 Å². The summed E-state index contributed by atoms with van der Waals surface area (Å²) < 4.78 is 0. The number of carboxylic acids is 1. The van der Waals surface area contributed by atoms with Crippen molar-refractivity contribution < 1.29 is 29.1 Å². The molecule has 0 aliphatic rings. The second kappa shape index (κ2) is 16.6. The van der Waals surface area contributed by atoms with Gasteiger partial charge in [0.1, 0.15) is 18.1 Å². The third-order valence-corrected chi connectivity index (χ3v) is 5.75. The summed E-state index contributed by atoms with van der Waals surface area (Å²) in [6.45, 7) is 3.50. The lowest BCUT2D eigenvalue weighted by Gasteiger charge is -2.27. The third kappa shape index (κ3) is 12.7. The number of carboxylic acid groups (broad SMARTS) is 1. The number of amides is 4. The van der Waals surface area contributed by atoms with Crippen LogP contribution in [-0.4, -0.2) is 71.4 Å². The fourth-order valence-corrected chi connectivity index (χ4v) is 3.61. The van der Waals surface area contributed by atoms with Gasteiger partial charge in [0.25, 0.3) is 0 Å². The van der Waals surface area contributed by atoms with Crippen LogP contribution in [0, 0.1) is 5.92 Å². The van der Waals surface area contributed by atoms with Crippen LogP contribution in [0.25, 0.3) is 0 Å². The van der Waals surface area contributed by atoms with Crippen molar-refractivity contribution in [3.05, 3.63) is 35.9 Å². The number of benzene rings is 1. The number of carbonyl (C=O) groups is 5. The van der Waals surface area contributed by atoms with Gasteiger partial charge in [-0.05, 0) is 37.2 Å². The maximum atomic E-state index is 13.1. The van der Waals surface area contributed by atoms with E-state index in [4.69, 9.17) is 22.9 Å². The van der Waals surface area contributed by atoms with Crippen LogP contribution >= 0.6 is 0 Å². The SMILES string of the molecule is CC(C)C(NC(=O)C(CCC(N)=O)NC(=O)C(N)Cc1ccccc1)C(=O)NC(CCCN=C(N)N)C(=O)O. The second-order valence-electron chi connectivity index (χ2n) is 9.44. The largest absolute Gasteiger partial charge is 0.480 e. The molecular formula is C25H40N8O6. The lowest BCUT2D eigenvalue weighted by atomic mass is 10.0. The Balaban J connectivity index is 2.92. The fourth-order valence-electron chi connectivity index (χ4n) is 3.61. The zero-order valence-corrected chi connectivity index (χ0v) is 22.3. The molecule has 14 nitrogen and oxygen atoms in total. The number of aliphatic carboxylic acids is 1. The zero-order chi connectivity index (χ0) is 29.5. The topological polar surface area (TPSA) is 258 Å². The van der Waals surface area contributed by atoms with Gasteiger partial charge in [0, 0.05) is 13.0 Å². The molecule has 216 valence electrons. The summed E-state index contributed by atoms with van der Waals surface area (Å²) in [6, 6.07) is 4.48. The van der Waals surface area contributed by atoms with Crippen LogP contribution in [0.5, 0.6) is 0 Å². The molecule has 0 radical (unpaired) electrons. The van der Waals surface area contributed by atoms with Crippen LogP contribution in [0.4, 0.5) is 0 Å². The normalized spacial score (nSPS) is 13.8. The predicted molar refractivity (Wildman–Crippen MR) is 145 cm³/mol. The monoisotopic (exact) mass is 548 g/mol.